The molecule has 4 heterocycles. The van der Waals surface area contributed by atoms with Crippen LogP contribution >= 0.6 is 0 Å². The van der Waals surface area contributed by atoms with Gasteiger partial charge in [0.25, 0.3) is 0 Å². The summed E-state index contributed by atoms with van der Waals surface area (Å²) in [5.41, 5.74) is 8.25. The molecule has 1 aliphatic rings. The lowest BCUT2D eigenvalue weighted by Gasteiger charge is -2.34. The first kappa shape index (κ1) is 24.4. The summed E-state index contributed by atoms with van der Waals surface area (Å²) in [6, 6.07) is 11.0. The fraction of sp³-hybridized carbons (Fsp3) is 0.448. The van der Waals surface area contributed by atoms with E-state index in [9.17, 15) is 0 Å². The van der Waals surface area contributed by atoms with Crippen LogP contribution in [0.15, 0.2) is 49.1 Å². The Morgan fingerprint density at radius 1 is 0.944 bits per heavy atom. The zero-order chi connectivity index (χ0) is 25.3. The van der Waals surface area contributed by atoms with E-state index < -0.39 is 0 Å². The summed E-state index contributed by atoms with van der Waals surface area (Å²) in [5, 5.41) is 0. The second-order valence-electron chi connectivity index (χ2n) is 11.0. The number of anilines is 1. The largest absolute Gasteiger partial charge is 0.338 e. The third-order valence-corrected chi connectivity index (χ3v) is 7.33. The first-order valence-electron chi connectivity index (χ1n) is 12.9. The number of rotatable bonds is 6. The van der Waals surface area contributed by atoms with E-state index >= 15 is 0 Å². The average molecular weight is 484 g/mol. The minimum Gasteiger partial charge on any atom is -0.338 e. The van der Waals surface area contributed by atoms with Gasteiger partial charge in [0.05, 0.1) is 12.0 Å². The van der Waals surface area contributed by atoms with Crippen molar-refractivity contribution in [3.05, 3.63) is 77.0 Å². The quantitative estimate of drug-likeness (QED) is 0.407. The molecular weight excluding hydrogens is 446 g/mol. The van der Waals surface area contributed by atoms with Gasteiger partial charge >= 0.3 is 0 Å². The van der Waals surface area contributed by atoms with Crippen molar-refractivity contribution in [1.82, 2.24) is 29.4 Å². The van der Waals surface area contributed by atoms with Gasteiger partial charge in [-0.2, -0.15) is 4.98 Å². The van der Waals surface area contributed by atoms with Crippen molar-refractivity contribution in [2.24, 2.45) is 7.05 Å². The molecule has 0 aliphatic carbocycles. The molecule has 7 heteroatoms. The Labute approximate surface area is 214 Å². The highest BCUT2D eigenvalue weighted by molar-refractivity contribution is 5.75. The Kier molecular flexibility index (Phi) is 6.75. The zero-order valence-electron chi connectivity index (χ0n) is 22.2. The van der Waals surface area contributed by atoms with Crippen molar-refractivity contribution in [1.29, 1.82) is 0 Å². The number of aromatic nitrogens is 5. The van der Waals surface area contributed by atoms with E-state index in [4.69, 9.17) is 9.97 Å². The van der Waals surface area contributed by atoms with E-state index in [1.165, 1.54) is 22.3 Å². The molecule has 0 spiro atoms. The smallest absolute Gasteiger partial charge is 0.227 e. The lowest BCUT2D eigenvalue weighted by Crippen LogP contribution is -2.47. The van der Waals surface area contributed by atoms with E-state index in [0.29, 0.717) is 0 Å². The number of imidazole rings is 1. The van der Waals surface area contributed by atoms with Crippen LogP contribution in [0.3, 0.4) is 0 Å². The molecule has 7 nitrogen and oxygen atoms in total. The molecule has 3 aromatic heterocycles. The molecule has 1 fully saturated rings. The Morgan fingerprint density at radius 2 is 1.69 bits per heavy atom. The molecule has 0 unspecified atom stereocenters. The molecule has 1 saturated heterocycles. The Balaban J connectivity index is 1.35. The average Bonchev–Trinajstić information content (AvgIpc) is 3.25. The Morgan fingerprint density at radius 3 is 2.42 bits per heavy atom. The zero-order valence-corrected chi connectivity index (χ0v) is 22.2. The molecular formula is C29H37N7. The normalized spacial score (nSPS) is 15.1. The van der Waals surface area contributed by atoms with Crippen LogP contribution in [0.25, 0.3) is 11.2 Å². The second-order valence-corrected chi connectivity index (χ2v) is 11.0. The van der Waals surface area contributed by atoms with E-state index in [1.54, 1.807) is 0 Å². The number of benzene rings is 1. The summed E-state index contributed by atoms with van der Waals surface area (Å²) in [6.07, 6.45) is 7.42. The van der Waals surface area contributed by atoms with E-state index in [-0.39, 0.29) is 5.41 Å². The maximum absolute atomic E-state index is 5.13. The SMILES string of the molecule is Cc1ccc(C(C)(C)C)cc1Cc1nc(N2CCN(CCc3ccncc3)CC2)nc2ncn(C)c12. The van der Waals surface area contributed by atoms with Gasteiger partial charge in [-0.25, -0.2) is 9.97 Å². The number of hydrogen-bond donors (Lipinski definition) is 0. The van der Waals surface area contributed by atoms with Crippen molar-refractivity contribution in [3.8, 4) is 0 Å². The summed E-state index contributed by atoms with van der Waals surface area (Å²) < 4.78 is 2.05. The Hall–Kier alpha value is -3.32. The van der Waals surface area contributed by atoms with Crippen molar-refractivity contribution in [3.63, 3.8) is 0 Å². The van der Waals surface area contributed by atoms with Crippen LogP contribution in [-0.2, 0) is 25.3 Å². The van der Waals surface area contributed by atoms with E-state index in [2.05, 4.69) is 82.4 Å². The van der Waals surface area contributed by atoms with Crippen molar-refractivity contribution in [2.75, 3.05) is 37.6 Å². The molecule has 4 aromatic rings. The molecule has 1 aromatic carbocycles. The molecule has 5 rings (SSSR count). The van der Waals surface area contributed by atoms with E-state index in [1.807, 2.05) is 25.8 Å². The van der Waals surface area contributed by atoms with Gasteiger partial charge in [0.1, 0.15) is 5.52 Å². The molecule has 188 valence electrons. The number of piperazine rings is 1. The standard InChI is InChI=1S/C29H37N7/c1-21-6-7-24(29(2,3)4)18-23(21)19-25-26-27(31-20-34(26)5)33-28(32-25)36-16-14-35(15-17-36)13-10-22-8-11-30-12-9-22/h6-9,11-12,18,20H,10,13-17,19H2,1-5H3. The first-order valence-corrected chi connectivity index (χ1v) is 12.9. The van der Waals surface area contributed by atoms with Crippen LogP contribution < -0.4 is 4.90 Å². The first-order chi connectivity index (χ1) is 17.3. The van der Waals surface area contributed by atoms with Gasteiger partial charge < -0.3 is 9.47 Å². The van der Waals surface area contributed by atoms with Crippen LogP contribution in [0.2, 0.25) is 0 Å². The van der Waals surface area contributed by atoms with Crippen molar-refractivity contribution >= 4 is 17.1 Å². The summed E-state index contributed by atoms with van der Waals surface area (Å²) in [5.74, 6) is 0.801. The van der Waals surface area contributed by atoms with Crippen LogP contribution in [-0.4, -0.2) is 62.1 Å². The third kappa shape index (κ3) is 5.26. The van der Waals surface area contributed by atoms with Gasteiger partial charge in [0.15, 0.2) is 5.65 Å². The van der Waals surface area contributed by atoms with Crippen molar-refractivity contribution in [2.45, 2.75) is 46.0 Å². The molecule has 0 amide bonds. The summed E-state index contributed by atoms with van der Waals surface area (Å²) in [6.45, 7) is 13.9. The lowest BCUT2D eigenvalue weighted by atomic mass is 9.84. The molecule has 0 radical (unpaired) electrons. The van der Waals surface area contributed by atoms with Crippen molar-refractivity contribution < 1.29 is 0 Å². The fourth-order valence-electron chi connectivity index (χ4n) is 4.91. The summed E-state index contributed by atoms with van der Waals surface area (Å²) >= 11 is 0. The van der Waals surface area contributed by atoms with Gasteiger partial charge in [0, 0.05) is 58.6 Å². The van der Waals surface area contributed by atoms with Crippen LogP contribution in [0.4, 0.5) is 5.95 Å². The number of pyridine rings is 1. The topological polar surface area (TPSA) is 63.0 Å². The van der Waals surface area contributed by atoms with Crippen LogP contribution in [0.5, 0.6) is 0 Å². The maximum atomic E-state index is 5.13. The number of aryl methyl sites for hydroxylation is 2. The third-order valence-electron chi connectivity index (χ3n) is 7.33. The van der Waals surface area contributed by atoms with Crippen LogP contribution in [0, 0.1) is 6.92 Å². The van der Waals surface area contributed by atoms with Gasteiger partial charge in [0.2, 0.25) is 5.95 Å². The van der Waals surface area contributed by atoms with Gasteiger partial charge in [-0.1, -0.05) is 39.0 Å². The van der Waals surface area contributed by atoms with Crippen LogP contribution in [0.1, 0.15) is 48.7 Å². The minimum absolute atomic E-state index is 0.109. The number of nitrogens with zero attached hydrogens (tertiary/aromatic N) is 7. The molecule has 0 atom stereocenters. The van der Waals surface area contributed by atoms with Gasteiger partial charge in [-0.05, 0) is 53.1 Å². The number of hydrogen-bond acceptors (Lipinski definition) is 6. The Bertz CT molecular complexity index is 1330. The maximum Gasteiger partial charge on any atom is 0.227 e. The highest BCUT2D eigenvalue weighted by Crippen LogP contribution is 2.27. The summed E-state index contributed by atoms with van der Waals surface area (Å²) in [7, 11) is 2.03. The highest BCUT2D eigenvalue weighted by Gasteiger charge is 2.22. The molecule has 0 N–H and O–H groups in total. The highest BCUT2D eigenvalue weighted by atomic mass is 15.3. The monoisotopic (exact) mass is 483 g/mol. The predicted octanol–water partition coefficient (Wildman–Crippen LogP) is 4.32. The molecule has 0 saturated carbocycles. The molecule has 36 heavy (non-hydrogen) atoms. The molecule has 0 bridgehead atoms. The van der Waals surface area contributed by atoms with Gasteiger partial charge in [-0.15, -0.1) is 0 Å². The predicted molar refractivity (Wildman–Crippen MR) is 146 cm³/mol. The molecule has 1 aliphatic heterocycles. The van der Waals surface area contributed by atoms with E-state index in [0.717, 1.165) is 68.4 Å². The minimum atomic E-state index is 0.109. The summed E-state index contributed by atoms with van der Waals surface area (Å²) in [4.78, 5) is 23.6. The fourth-order valence-corrected chi connectivity index (χ4v) is 4.91. The number of fused-ring (bicyclic) bond motifs is 1. The second kappa shape index (κ2) is 9.97. The lowest BCUT2D eigenvalue weighted by molar-refractivity contribution is 0.260. The van der Waals surface area contributed by atoms with Gasteiger partial charge in [-0.3, -0.25) is 9.88 Å².